The highest BCUT2D eigenvalue weighted by Gasteiger charge is 2.20. The van der Waals surface area contributed by atoms with Gasteiger partial charge in [0.1, 0.15) is 5.56 Å². The molecule has 0 atom stereocenters. The number of benzene rings is 1. The van der Waals surface area contributed by atoms with Crippen LogP contribution in [0.25, 0.3) is 0 Å². The molecule has 27 heavy (non-hydrogen) atoms. The van der Waals surface area contributed by atoms with Gasteiger partial charge >= 0.3 is 5.97 Å². The minimum absolute atomic E-state index is 0.310. The SMILES string of the molecule is CCCN(CCC)C(=S)Nc1nn(Cc2ccccc2)cc1C(=O)OCC. The number of hydrogen-bond donors (Lipinski definition) is 1. The summed E-state index contributed by atoms with van der Waals surface area (Å²) in [5, 5.41) is 8.27. The van der Waals surface area contributed by atoms with Crippen LogP contribution in [0.3, 0.4) is 0 Å². The number of thiocarbonyl (C=S) groups is 1. The van der Waals surface area contributed by atoms with Crippen LogP contribution in [-0.4, -0.2) is 45.5 Å². The zero-order chi connectivity index (χ0) is 19.6. The third-order valence-corrected chi connectivity index (χ3v) is 4.30. The molecule has 146 valence electrons. The Hall–Kier alpha value is -2.41. The van der Waals surface area contributed by atoms with Gasteiger partial charge < -0.3 is 15.0 Å². The van der Waals surface area contributed by atoms with E-state index in [1.165, 1.54) is 0 Å². The summed E-state index contributed by atoms with van der Waals surface area (Å²) >= 11 is 5.55. The number of esters is 1. The van der Waals surface area contributed by atoms with E-state index < -0.39 is 5.97 Å². The Morgan fingerprint density at radius 3 is 2.44 bits per heavy atom. The summed E-state index contributed by atoms with van der Waals surface area (Å²) in [4.78, 5) is 14.5. The molecular formula is C20H28N4O2S. The van der Waals surface area contributed by atoms with Crippen LogP contribution in [0, 0.1) is 0 Å². The third kappa shape index (κ3) is 6.06. The molecule has 0 bridgehead atoms. The Morgan fingerprint density at radius 2 is 1.85 bits per heavy atom. The Bertz CT molecular complexity index is 740. The highest BCUT2D eigenvalue weighted by atomic mass is 32.1. The predicted octanol–water partition coefficient (Wildman–Crippen LogP) is 3.93. The summed E-state index contributed by atoms with van der Waals surface area (Å²) < 4.78 is 6.91. The third-order valence-electron chi connectivity index (χ3n) is 3.94. The van der Waals surface area contributed by atoms with Crippen molar-refractivity contribution in [1.82, 2.24) is 14.7 Å². The van der Waals surface area contributed by atoms with Crippen molar-refractivity contribution in [3.8, 4) is 0 Å². The lowest BCUT2D eigenvalue weighted by molar-refractivity contribution is 0.0527. The number of carbonyl (C=O) groups is 1. The number of rotatable bonds is 9. The van der Waals surface area contributed by atoms with Gasteiger partial charge in [-0.3, -0.25) is 4.68 Å². The summed E-state index contributed by atoms with van der Waals surface area (Å²) in [6.07, 6.45) is 3.70. The Kier molecular flexibility index (Phi) is 8.26. The summed E-state index contributed by atoms with van der Waals surface area (Å²) in [6.45, 7) is 8.61. The second-order valence-corrected chi connectivity index (χ2v) is 6.60. The second-order valence-electron chi connectivity index (χ2n) is 6.21. The molecule has 1 N–H and O–H groups in total. The van der Waals surface area contributed by atoms with Gasteiger partial charge in [0.2, 0.25) is 0 Å². The Labute approximate surface area is 166 Å². The molecule has 0 aliphatic heterocycles. The van der Waals surface area contributed by atoms with Crippen molar-refractivity contribution in [1.29, 1.82) is 0 Å². The highest BCUT2D eigenvalue weighted by molar-refractivity contribution is 7.80. The molecule has 2 rings (SSSR count). The standard InChI is InChI=1S/C20H28N4O2S/c1-4-12-23(13-5-2)20(27)21-18-17(19(25)26-6-3)15-24(22-18)14-16-10-8-7-9-11-16/h7-11,15H,4-6,12-14H2,1-3H3,(H,21,22,27). The quantitative estimate of drug-likeness (QED) is 0.519. The number of nitrogens with one attached hydrogen (secondary N) is 1. The summed E-state index contributed by atoms with van der Waals surface area (Å²) in [7, 11) is 0. The molecule has 2 aromatic rings. The summed E-state index contributed by atoms with van der Waals surface area (Å²) in [5.74, 6) is 0.0335. The summed E-state index contributed by atoms with van der Waals surface area (Å²) in [6, 6.07) is 9.97. The molecule has 0 aliphatic rings. The maximum Gasteiger partial charge on any atom is 0.343 e. The number of ether oxygens (including phenoxy) is 1. The molecule has 0 unspecified atom stereocenters. The van der Waals surface area contributed by atoms with E-state index in [2.05, 4.69) is 29.2 Å². The number of aromatic nitrogens is 2. The number of carbonyl (C=O) groups excluding carboxylic acids is 1. The summed E-state index contributed by atoms with van der Waals surface area (Å²) in [5.41, 5.74) is 1.49. The van der Waals surface area contributed by atoms with E-state index in [0.717, 1.165) is 31.5 Å². The van der Waals surface area contributed by atoms with Crippen LogP contribution < -0.4 is 5.32 Å². The number of hydrogen-bond acceptors (Lipinski definition) is 4. The minimum atomic E-state index is -0.403. The molecule has 0 spiro atoms. The Morgan fingerprint density at radius 1 is 1.19 bits per heavy atom. The fraction of sp³-hybridized carbons (Fsp3) is 0.450. The van der Waals surface area contributed by atoms with Crippen LogP contribution in [0.2, 0.25) is 0 Å². The van der Waals surface area contributed by atoms with Crippen molar-refractivity contribution in [3.63, 3.8) is 0 Å². The van der Waals surface area contributed by atoms with Gasteiger partial charge in [0.15, 0.2) is 10.9 Å². The van der Waals surface area contributed by atoms with Gasteiger partial charge in [-0.15, -0.1) is 0 Å². The maximum atomic E-state index is 12.4. The monoisotopic (exact) mass is 388 g/mol. The molecule has 6 nitrogen and oxygen atoms in total. The van der Waals surface area contributed by atoms with Crippen LogP contribution >= 0.6 is 12.2 Å². The van der Waals surface area contributed by atoms with Crippen molar-refractivity contribution in [3.05, 3.63) is 47.7 Å². The van der Waals surface area contributed by atoms with E-state index in [-0.39, 0.29) is 0 Å². The second kappa shape index (κ2) is 10.7. The average molecular weight is 389 g/mol. The maximum absolute atomic E-state index is 12.4. The average Bonchev–Trinajstić information content (AvgIpc) is 3.04. The van der Waals surface area contributed by atoms with Crippen LogP contribution in [0.4, 0.5) is 5.82 Å². The van der Waals surface area contributed by atoms with Crippen molar-refractivity contribution >= 4 is 29.1 Å². The molecule has 1 aromatic heterocycles. The van der Waals surface area contributed by atoms with E-state index >= 15 is 0 Å². The fourth-order valence-electron chi connectivity index (χ4n) is 2.76. The van der Waals surface area contributed by atoms with Gasteiger partial charge in [-0.1, -0.05) is 44.2 Å². The molecule has 0 aliphatic carbocycles. The molecular weight excluding hydrogens is 360 g/mol. The first-order chi connectivity index (χ1) is 13.1. The number of nitrogens with zero attached hydrogens (tertiary/aromatic N) is 3. The van der Waals surface area contributed by atoms with Crippen LogP contribution in [0.1, 0.15) is 49.5 Å². The van der Waals surface area contributed by atoms with E-state index in [1.807, 2.05) is 30.3 Å². The zero-order valence-electron chi connectivity index (χ0n) is 16.3. The van der Waals surface area contributed by atoms with Crippen LogP contribution in [0.5, 0.6) is 0 Å². The van der Waals surface area contributed by atoms with Crippen LogP contribution in [0.15, 0.2) is 36.5 Å². The highest BCUT2D eigenvalue weighted by Crippen LogP contribution is 2.17. The van der Waals surface area contributed by atoms with Gasteiger partial charge in [0.25, 0.3) is 0 Å². The van der Waals surface area contributed by atoms with Gasteiger partial charge in [0.05, 0.1) is 13.2 Å². The van der Waals surface area contributed by atoms with Crippen LogP contribution in [-0.2, 0) is 11.3 Å². The lowest BCUT2D eigenvalue weighted by atomic mass is 10.2. The molecule has 7 heteroatoms. The molecule has 0 fully saturated rings. The van der Waals surface area contributed by atoms with Gasteiger partial charge in [-0.05, 0) is 37.5 Å². The van der Waals surface area contributed by atoms with E-state index in [1.54, 1.807) is 17.8 Å². The normalized spacial score (nSPS) is 10.5. The Balaban J connectivity index is 2.23. The predicted molar refractivity (Wildman–Crippen MR) is 112 cm³/mol. The van der Waals surface area contributed by atoms with Gasteiger partial charge in [0, 0.05) is 19.3 Å². The molecule has 1 aromatic carbocycles. The first-order valence-corrected chi connectivity index (χ1v) is 9.84. The molecule has 0 amide bonds. The molecule has 0 radical (unpaired) electrons. The lowest BCUT2D eigenvalue weighted by Gasteiger charge is -2.24. The topological polar surface area (TPSA) is 59.4 Å². The van der Waals surface area contributed by atoms with Gasteiger partial charge in [-0.25, -0.2) is 4.79 Å². The van der Waals surface area contributed by atoms with Crippen molar-refractivity contribution in [2.75, 3.05) is 25.0 Å². The van der Waals surface area contributed by atoms with Crippen molar-refractivity contribution in [2.45, 2.75) is 40.2 Å². The first-order valence-electron chi connectivity index (χ1n) is 9.43. The zero-order valence-corrected chi connectivity index (χ0v) is 17.1. The van der Waals surface area contributed by atoms with Crippen molar-refractivity contribution in [2.24, 2.45) is 0 Å². The number of anilines is 1. The largest absolute Gasteiger partial charge is 0.462 e. The van der Waals surface area contributed by atoms with E-state index in [9.17, 15) is 4.79 Å². The van der Waals surface area contributed by atoms with E-state index in [4.69, 9.17) is 17.0 Å². The lowest BCUT2D eigenvalue weighted by Crippen LogP contribution is -2.36. The fourth-order valence-corrected chi connectivity index (χ4v) is 3.04. The van der Waals surface area contributed by atoms with Gasteiger partial charge in [-0.2, -0.15) is 5.10 Å². The van der Waals surface area contributed by atoms with Crippen molar-refractivity contribution < 1.29 is 9.53 Å². The molecule has 0 saturated carbocycles. The minimum Gasteiger partial charge on any atom is -0.462 e. The molecule has 1 heterocycles. The first kappa shape index (κ1) is 20.9. The smallest absolute Gasteiger partial charge is 0.343 e. The van der Waals surface area contributed by atoms with E-state index in [0.29, 0.717) is 29.6 Å². The molecule has 0 saturated heterocycles.